The largest absolute Gasteiger partial charge is 0.494 e. The van der Waals surface area contributed by atoms with Crippen molar-refractivity contribution in [2.45, 2.75) is 59.1 Å². The van der Waals surface area contributed by atoms with Gasteiger partial charge in [-0.2, -0.15) is 0 Å². The summed E-state index contributed by atoms with van der Waals surface area (Å²) in [5.74, 6) is 0.936. The molecule has 0 radical (unpaired) electrons. The molecule has 0 aliphatic heterocycles. The third-order valence-corrected chi connectivity index (χ3v) is 3.88. The molecule has 21 heavy (non-hydrogen) atoms. The van der Waals surface area contributed by atoms with Gasteiger partial charge in [0.2, 0.25) is 0 Å². The molecule has 0 fully saturated rings. The Morgan fingerprint density at radius 2 is 1.76 bits per heavy atom. The number of rotatable bonds is 10. The molecule has 2 atom stereocenters. The summed E-state index contributed by atoms with van der Waals surface area (Å²) in [5, 5.41) is 3.57. The van der Waals surface area contributed by atoms with E-state index in [1.165, 1.54) is 5.56 Å². The van der Waals surface area contributed by atoms with Crippen LogP contribution in [-0.4, -0.2) is 25.4 Å². The van der Waals surface area contributed by atoms with Gasteiger partial charge in [0.25, 0.3) is 0 Å². The van der Waals surface area contributed by atoms with Crippen LogP contribution in [0.4, 0.5) is 0 Å². The molecule has 2 unspecified atom stereocenters. The van der Waals surface area contributed by atoms with E-state index < -0.39 is 0 Å². The minimum atomic E-state index is -0.198. The van der Waals surface area contributed by atoms with Crippen LogP contribution < -0.4 is 10.1 Å². The summed E-state index contributed by atoms with van der Waals surface area (Å²) in [4.78, 5) is 0. The molecule has 0 bridgehead atoms. The van der Waals surface area contributed by atoms with E-state index in [-0.39, 0.29) is 11.6 Å². The second-order valence-electron chi connectivity index (χ2n) is 5.51. The minimum Gasteiger partial charge on any atom is -0.494 e. The Labute approximate surface area is 130 Å². The van der Waals surface area contributed by atoms with Gasteiger partial charge in [-0.15, -0.1) is 0 Å². The van der Waals surface area contributed by atoms with Crippen molar-refractivity contribution in [2.75, 3.05) is 19.8 Å². The van der Waals surface area contributed by atoms with E-state index >= 15 is 0 Å². The quantitative estimate of drug-likeness (QED) is 0.696. The monoisotopic (exact) mass is 293 g/mol. The third-order valence-electron chi connectivity index (χ3n) is 3.88. The SMILES string of the molecule is CCCOc1ccc(C(NCC)C(C)(CC)OCC)cc1. The van der Waals surface area contributed by atoms with Crippen LogP contribution in [0.2, 0.25) is 0 Å². The van der Waals surface area contributed by atoms with Crippen molar-refractivity contribution in [1.82, 2.24) is 5.32 Å². The zero-order valence-electron chi connectivity index (χ0n) is 14.2. The minimum absolute atomic E-state index is 0.188. The van der Waals surface area contributed by atoms with Crippen molar-refractivity contribution in [2.24, 2.45) is 0 Å². The van der Waals surface area contributed by atoms with Crippen molar-refractivity contribution < 1.29 is 9.47 Å². The van der Waals surface area contributed by atoms with E-state index in [4.69, 9.17) is 9.47 Å². The molecule has 0 aliphatic carbocycles. The predicted molar refractivity (Wildman–Crippen MR) is 89.0 cm³/mol. The van der Waals surface area contributed by atoms with Gasteiger partial charge in [0, 0.05) is 6.61 Å². The summed E-state index contributed by atoms with van der Waals surface area (Å²) in [7, 11) is 0. The second-order valence-corrected chi connectivity index (χ2v) is 5.51. The first kappa shape index (κ1) is 18.0. The van der Waals surface area contributed by atoms with Crippen LogP contribution in [0.1, 0.15) is 59.1 Å². The Kier molecular flexibility index (Phi) is 7.76. The maximum atomic E-state index is 6.05. The van der Waals surface area contributed by atoms with Crippen LogP contribution in [0.5, 0.6) is 5.75 Å². The standard InChI is InChI=1S/C18H31NO2/c1-6-14-20-16-12-10-15(11-13-16)17(19-8-3)18(5,7-2)21-9-4/h10-13,17,19H,6-9,14H2,1-5H3. The molecule has 0 aliphatic rings. The molecule has 1 aromatic carbocycles. The second kappa shape index (κ2) is 9.06. The number of hydrogen-bond acceptors (Lipinski definition) is 3. The van der Waals surface area contributed by atoms with Gasteiger partial charge in [-0.25, -0.2) is 0 Å². The van der Waals surface area contributed by atoms with Gasteiger partial charge in [-0.3, -0.25) is 0 Å². The third kappa shape index (κ3) is 5.01. The molecular formula is C18H31NO2. The Bertz CT molecular complexity index is 391. The van der Waals surface area contributed by atoms with Crippen molar-refractivity contribution in [3.8, 4) is 5.75 Å². The van der Waals surface area contributed by atoms with Gasteiger partial charge in [-0.05, 0) is 50.9 Å². The fourth-order valence-electron chi connectivity index (χ4n) is 2.59. The Morgan fingerprint density at radius 3 is 2.24 bits per heavy atom. The number of hydrogen-bond donors (Lipinski definition) is 1. The number of nitrogens with one attached hydrogen (secondary N) is 1. The molecule has 1 aromatic rings. The van der Waals surface area contributed by atoms with Crippen molar-refractivity contribution in [3.63, 3.8) is 0 Å². The van der Waals surface area contributed by atoms with Crippen LogP contribution in [-0.2, 0) is 4.74 Å². The number of likely N-dealkylation sites (N-methyl/N-ethyl adjacent to an activating group) is 1. The highest BCUT2D eigenvalue weighted by atomic mass is 16.5. The molecule has 0 amide bonds. The lowest BCUT2D eigenvalue weighted by Crippen LogP contribution is -2.43. The first-order chi connectivity index (χ1) is 10.1. The summed E-state index contributed by atoms with van der Waals surface area (Å²) in [6, 6.07) is 8.58. The lowest BCUT2D eigenvalue weighted by Gasteiger charge is -2.37. The zero-order chi connectivity index (χ0) is 15.7. The molecule has 0 spiro atoms. The molecule has 0 saturated carbocycles. The highest BCUT2D eigenvalue weighted by molar-refractivity contribution is 5.30. The molecule has 3 nitrogen and oxygen atoms in total. The fraction of sp³-hybridized carbons (Fsp3) is 0.667. The normalized spacial score (nSPS) is 15.5. The Hall–Kier alpha value is -1.06. The summed E-state index contributed by atoms with van der Waals surface area (Å²) in [6.45, 7) is 13.1. The average molecular weight is 293 g/mol. The molecule has 0 saturated heterocycles. The first-order valence-electron chi connectivity index (χ1n) is 8.21. The lowest BCUT2D eigenvalue weighted by atomic mass is 9.87. The first-order valence-corrected chi connectivity index (χ1v) is 8.21. The molecule has 1 N–H and O–H groups in total. The highest BCUT2D eigenvalue weighted by Crippen LogP contribution is 2.33. The van der Waals surface area contributed by atoms with E-state index in [1.54, 1.807) is 0 Å². The van der Waals surface area contributed by atoms with Crippen molar-refractivity contribution in [3.05, 3.63) is 29.8 Å². The van der Waals surface area contributed by atoms with Gasteiger partial charge in [0.1, 0.15) is 5.75 Å². The molecule has 120 valence electrons. The van der Waals surface area contributed by atoms with Crippen LogP contribution >= 0.6 is 0 Å². The van der Waals surface area contributed by atoms with Gasteiger partial charge in [0.15, 0.2) is 0 Å². The molecule has 0 aromatic heterocycles. The average Bonchev–Trinajstić information content (AvgIpc) is 2.51. The number of benzene rings is 1. The highest BCUT2D eigenvalue weighted by Gasteiger charge is 2.33. The molecule has 0 heterocycles. The summed E-state index contributed by atoms with van der Waals surface area (Å²) < 4.78 is 11.7. The van der Waals surface area contributed by atoms with Gasteiger partial charge >= 0.3 is 0 Å². The van der Waals surface area contributed by atoms with E-state index in [1.807, 2.05) is 0 Å². The van der Waals surface area contributed by atoms with E-state index in [9.17, 15) is 0 Å². The predicted octanol–water partition coefficient (Wildman–Crippen LogP) is 4.33. The van der Waals surface area contributed by atoms with E-state index in [0.29, 0.717) is 0 Å². The van der Waals surface area contributed by atoms with Crippen LogP contribution in [0.3, 0.4) is 0 Å². The topological polar surface area (TPSA) is 30.5 Å². The van der Waals surface area contributed by atoms with Gasteiger partial charge in [0.05, 0.1) is 18.2 Å². The van der Waals surface area contributed by atoms with Gasteiger partial charge in [-0.1, -0.05) is 32.9 Å². The Balaban J connectivity index is 2.94. The summed E-state index contributed by atoms with van der Waals surface area (Å²) in [6.07, 6.45) is 1.99. The maximum Gasteiger partial charge on any atom is 0.119 e. The Morgan fingerprint density at radius 1 is 1.10 bits per heavy atom. The van der Waals surface area contributed by atoms with Crippen molar-refractivity contribution >= 4 is 0 Å². The van der Waals surface area contributed by atoms with Crippen LogP contribution in [0, 0.1) is 0 Å². The van der Waals surface area contributed by atoms with E-state index in [0.717, 1.165) is 38.3 Å². The van der Waals surface area contributed by atoms with Crippen molar-refractivity contribution in [1.29, 1.82) is 0 Å². The zero-order valence-corrected chi connectivity index (χ0v) is 14.2. The van der Waals surface area contributed by atoms with Gasteiger partial charge < -0.3 is 14.8 Å². The number of ether oxygens (including phenoxy) is 2. The smallest absolute Gasteiger partial charge is 0.119 e. The summed E-state index contributed by atoms with van der Waals surface area (Å²) in [5.41, 5.74) is 1.05. The summed E-state index contributed by atoms with van der Waals surface area (Å²) >= 11 is 0. The molecular weight excluding hydrogens is 262 g/mol. The lowest BCUT2D eigenvalue weighted by molar-refractivity contribution is -0.0560. The fourth-order valence-corrected chi connectivity index (χ4v) is 2.59. The molecule has 3 heteroatoms. The van der Waals surface area contributed by atoms with Crippen LogP contribution in [0.25, 0.3) is 0 Å². The van der Waals surface area contributed by atoms with E-state index in [2.05, 4.69) is 64.2 Å². The van der Waals surface area contributed by atoms with Crippen LogP contribution in [0.15, 0.2) is 24.3 Å². The maximum absolute atomic E-state index is 6.05. The molecule has 1 rings (SSSR count).